The van der Waals surface area contributed by atoms with Gasteiger partial charge in [-0.05, 0) is 127 Å². The molecule has 0 unspecified atom stereocenters. The third-order valence-corrected chi connectivity index (χ3v) is 13.1. The normalized spacial score (nSPS) is 24.7. The molecule has 60 heavy (non-hydrogen) atoms. The second-order valence-electron chi connectivity index (χ2n) is 15.7. The van der Waals surface area contributed by atoms with Gasteiger partial charge in [-0.3, -0.25) is 29.5 Å². The van der Waals surface area contributed by atoms with Crippen LogP contribution >= 0.6 is 27.5 Å². The van der Waals surface area contributed by atoms with E-state index in [-0.39, 0.29) is 24.5 Å². The lowest BCUT2D eigenvalue weighted by Crippen LogP contribution is -2.53. The first-order chi connectivity index (χ1) is 28.9. The first kappa shape index (κ1) is 39.3. The predicted octanol–water partition coefficient (Wildman–Crippen LogP) is 9.62. The van der Waals surface area contributed by atoms with Gasteiger partial charge < -0.3 is 10.0 Å². The minimum absolute atomic E-state index is 0.0504. The van der Waals surface area contributed by atoms with E-state index in [1.165, 1.54) is 35.2 Å². The fraction of sp³-hybridized carbons (Fsp3) is 0.217. The third-order valence-electron chi connectivity index (χ3n) is 12.3. The number of azo groups is 1. The number of rotatable bonds is 8. The number of phenolic OH excluding ortho intramolecular Hbond substituents is 1. The van der Waals surface area contributed by atoms with E-state index in [1.54, 1.807) is 60.7 Å². The molecular weight excluding hydrogens is 851 g/mol. The van der Waals surface area contributed by atoms with Crippen LogP contribution in [0.4, 0.5) is 32.8 Å². The van der Waals surface area contributed by atoms with Gasteiger partial charge in [-0.1, -0.05) is 51.3 Å². The largest absolute Gasteiger partial charge is 0.508 e. The van der Waals surface area contributed by atoms with Crippen LogP contribution < -0.4 is 15.2 Å². The van der Waals surface area contributed by atoms with Crippen LogP contribution in [-0.2, 0) is 24.6 Å². The van der Waals surface area contributed by atoms with Gasteiger partial charge in [-0.25, -0.2) is 4.39 Å². The van der Waals surface area contributed by atoms with E-state index in [9.17, 15) is 23.9 Å². The molecule has 6 atom stereocenters. The highest BCUT2D eigenvalue weighted by molar-refractivity contribution is 9.10. The van der Waals surface area contributed by atoms with Crippen LogP contribution in [0.2, 0.25) is 5.02 Å². The average Bonchev–Trinajstić information content (AvgIpc) is 3.62. The number of imide groups is 2. The highest BCUT2D eigenvalue weighted by atomic mass is 79.9. The second kappa shape index (κ2) is 15.1. The van der Waals surface area contributed by atoms with Crippen molar-refractivity contribution in [2.24, 2.45) is 33.9 Å². The van der Waals surface area contributed by atoms with Crippen molar-refractivity contribution in [1.29, 1.82) is 0 Å². The molecule has 2 saturated heterocycles. The molecule has 0 radical (unpaired) electrons. The molecule has 2 N–H and O–H groups in total. The molecule has 4 amide bonds. The summed E-state index contributed by atoms with van der Waals surface area (Å²) in [4.78, 5) is 62.5. The molecule has 2 heterocycles. The van der Waals surface area contributed by atoms with Gasteiger partial charge in [-0.2, -0.15) is 15.2 Å². The first-order valence-electron chi connectivity index (χ1n) is 19.4. The Morgan fingerprint density at radius 2 is 1.47 bits per heavy atom. The number of aromatic hydroxyl groups is 1. The summed E-state index contributed by atoms with van der Waals surface area (Å²) < 4.78 is 14.6. The standard InChI is InChI=1S/C46H37BrClFN6O5/c1-53(2)32-16-12-29(13-17-32)50-51-30-14-18-33(19-15-30)54-42(57)35-21-20-34-36(40(35)44(54)59)24-38-43(58)55(52-31-10-8-28(49)9-11-31)45(60)46(38,25-3-6-27(48)7-4-25)41(34)37-23-26(47)5-22-39(37)56/h3-20,22-23,35-36,38,40-41,52,56H,21,24H2,1-2H3/t35-,36+,38-,40-,41+,46+/m0/s1. The fourth-order valence-corrected chi connectivity index (χ4v) is 10.1. The minimum atomic E-state index is -1.63. The van der Waals surface area contributed by atoms with E-state index in [2.05, 4.69) is 31.6 Å². The Bertz CT molecular complexity index is 2620. The monoisotopic (exact) mass is 886 g/mol. The van der Waals surface area contributed by atoms with E-state index in [0.29, 0.717) is 48.9 Å². The molecule has 0 bridgehead atoms. The SMILES string of the molecule is CN(C)c1ccc(N=Nc2ccc(N3C(=O)[C@H]4[C@H](CC=C5[C@H]4C[C@H]4C(=O)N(Nc6ccc(F)cc6)C(=O)[C@@]4(c4ccc(Cl)cc4)[C@H]5c4cc(Br)ccc4O)C3=O)cc2)cc1. The first-order valence-corrected chi connectivity index (χ1v) is 20.6. The van der Waals surface area contributed by atoms with Crippen LogP contribution in [0.15, 0.2) is 142 Å². The maximum atomic E-state index is 15.3. The molecule has 302 valence electrons. The van der Waals surface area contributed by atoms with Gasteiger partial charge in [-0.15, -0.1) is 0 Å². The van der Waals surface area contributed by atoms with E-state index in [1.807, 2.05) is 49.3 Å². The summed E-state index contributed by atoms with van der Waals surface area (Å²) in [7, 11) is 3.91. The van der Waals surface area contributed by atoms with Gasteiger partial charge in [0, 0.05) is 40.8 Å². The number of halogens is 3. The van der Waals surface area contributed by atoms with Crippen molar-refractivity contribution in [1.82, 2.24) is 5.01 Å². The number of anilines is 3. The van der Waals surface area contributed by atoms with Crippen LogP contribution in [-0.4, -0.2) is 47.8 Å². The van der Waals surface area contributed by atoms with Crippen LogP contribution in [0.5, 0.6) is 5.75 Å². The summed E-state index contributed by atoms with van der Waals surface area (Å²) in [6.07, 6.45) is 2.17. The number of amides is 4. The number of hydrogen-bond acceptors (Lipinski definition) is 9. The molecule has 0 spiro atoms. The van der Waals surface area contributed by atoms with Gasteiger partial charge in [0.25, 0.3) is 11.8 Å². The number of phenols is 1. The molecule has 2 aliphatic heterocycles. The third kappa shape index (κ3) is 6.38. The van der Waals surface area contributed by atoms with E-state index < -0.39 is 58.5 Å². The second-order valence-corrected chi connectivity index (χ2v) is 17.1. The summed E-state index contributed by atoms with van der Waals surface area (Å²) in [5, 5.41) is 21.7. The number of allylic oxidation sites excluding steroid dienone is 2. The van der Waals surface area contributed by atoms with E-state index in [4.69, 9.17) is 11.6 Å². The van der Waals surface area contributed by atoms with E-state index >= 15 is 4.79 Å². The molecule has 14 heteroatoms. The van der Waals surface area contributed by atoms with Crippen molar-refractivity contribution in [3.63, 3.8) is 0 Å². The molecule has 0 aromatic heterocycles. The Morgan fingerprint density at radius 3 is 2.12 bits per heavy atom. The van der Waals surface area contributed by atoms with Gasteiger partial charge in [0.05, 0.1) is 45.9 Å². The van der Waals surface area contributed by atoms with Crippen molar-refractivity contribution in [2.45, 2.75) is 24.2 Å². The quantitative estimate of drug-likeness (QED) is 0.0901. The highest BCUT2D eigenvalue weighted by Gasteiger charge is 2.70. The van der Waals surface area contributed by atoms with Gasteiger partial charge in [0.1, 0.15) is 11.6 Å². The number of carbonyl (C=O) groups excluding carboxylic acids is 4. The zero-order valence-corrected chi connectivity index (χ0v) is 34.6. The molecule has 1 saturated carbocycles. The number of hydrogen-bond donors (Lipinski definition) is 2. The maximum Gasteiger partial charge on any atom is 0.260 e. The Kier molecular flexibility index (Phi) is 9.91. The fourth-order valence-electron chi connectivity index (χ4n) is 9.61. The zero-order chi connectivity index (χ0) is 42.0. The molecule has 9 rings (SSSR count). The summed E-state index contributed by atoms with van der Waals surface area (Å²) in [5.41, 5.74) is 5.75. The van der Waals surface area contributed by atoms with Gasteiger partial charge in [0.15, 0.2) is 0 Å². The maximum absolute atomic E-state index is 15.3. The summed E-state index contributed by atoms with van der Waals surface area (Å²) in [6, 6.07) is 31.3. The minimum Gasteiger partial charge on any atom is -0.508 e. The lowest BCUT2D eigenvalue weighted by atomic mass is 9.49. The number of nitrogens with zero attached hydrogens (tertiary/aromatic N) is 5. The Hall–Kier alpha value is -6.18. The Morgan fingerprint density at radius 1 is 0.817 bits per heavy atom. The van der Waals surface area contributed by atoms with Crippen LogP contribution in [0.1, 0.15) is 29.9 Å². The molecule has 4 aliphatic rings. The molecular formula is C46H37BrClFN6O5. The van der Waals surface area contributed by atoms with Gasteiger partial charge >= 0.3 is 0 Å². The van der Waals surface area contributed by atoms with Crippen LogP contribution in [0, 0.1) is 29.5 Å². The number of nitrogens with one attached hydrogen (secondary N) is 1. The topological polar surface area (TPSA) is 135 Å². The highest BCUT2D eigenvalue weighted by Crippen LogP contribution is 2.65. The van der Waals surface area contributed by atoms with Gasteiger partial charge in [0.2, 0.25) is 11.8 Å². The lowest BCUT2D eigenvalue weighted by Gasteiger charge is -2.50. The van der Waals surface area contributed by atoms with Crippen LogP contribution in [0.3, 0.4) is 0 Å². The molecule has 5 aromatic carbocycles. The van der Waals surface area contributed by atoms with Crippen molar-refractivity contribution < 1.29 is 28.7 Å². The smallest absolute Gasteiger partial charge is 0.260 e. The zero-order valence-electron chi connectivity index (χ0n) is 32.3. The van der Waals surface area contributed by atoms with E-state index in [0.717, 1.165) is 10.7 Å². The van der Waals surface area contributed by atoms with Crippen molar-refractivity contribution in [3.8, 4) is 5.75 Å². The molecule has 11 nitrogen and oxygen atoms in total. The summed E-state index contributed by atoms with van der Waals surface area (Å²) in [6.45, 7) is 0. The Labute approximate surface area is 358 Å². The number of hydrazine groups is 1. The lowest BCUT2D eigenvalue weighted by molar-refractivity contribution is -0.138. The summed E-state index contributed by atoms with van der Waals surface area (Å²) >= 11 is 9.94. The van der Waals surface area contributed by atoms with Crippen molar-refractivity contribution >= 4 is 79.6 Å². The number of benzene rings is 5. The predicted molar refractivity (Wildman–Crippen MR) is 229 cm³/mol. The number of fused-ring (bicyclic) bond motifs is 4. The average molecular weight is 888 g/mol. The molecule has 3 fully saturated rings. The molecule has 5 aromatic rings. The number of carbonyl (C=O) groups is 4. The molecule has 2 aliphatic carbocycles. The van der Waals surface area contributed by atoms with Crippen molar-refractivity contribution in [3.05, 3.63) is 153 Å². The summed E-state index contributed by atoms with van der Waals surface area (Å²) in [5.74, 6) is -6.79. The van der Waals surface area contributed by atoms with Crippen LogP contribution in [0.25, 0.3) is 0 Å². The van der Waals surface area contributed by atoms with Crippen molar-refractivity contribution in [2.75, 3.05) is 29.3 Å². The Balaban J connectivity index is 1.11.